The highest BCUT2D eigenvalue weighted by molar-refractivity contribution is 5.64. The molecule has 1 heterocycles. The molecule has 1 aliphatic heterocycles. The van der Waals surface area contributed by atoms with Crippen molar-refractivity contribution in [3.63, 3.8) is 0 Å². The predicted molar refractivity (Wildman–Crippen MR) is 72.2 cm³/mol. The van der Waals surface area contributed by atoms with E-state index in [9.17, 15) is 13.2 Å². The Balaban J connectivity index is 1.81. The lowest BCUT2D eigenvalue weighted by Crippen LogP contribution is -2.34. The third kappa shape index (κ3) is 2.56. The summed E-state index contributed by atoms with van der Waals surface area (Å²) < 4.78 is 37.5. The van der Waals surface area contributed by atoms with Gasteiger partial charge in [0.1, 0.15) is 0 Å². The smallest absolute Gasteiger partial charge is 0.310 e. The lowest BCUT2D eigenvalue weighted by Gasteiger charge is -2.28. The van der Waals surface area contributed by atoms with Gasteiger partial charge in [-0.15, -0.1) is 0 Å². The van der Waals surface area contributed by atoms with E-state index >= 15 is 0 Å². The van der Waals surface area contributed by atoms with Crippen LogP contribution in [0.25, 0.3) is 11.1 Å². The zero-order chi connectivity index (χ0) is 14.2. The molecule has 2 aromatic rings. The SMILES string of the molecule is FC(F)(F)c1ccc(-c2ccc([C@@H]3CCN3)cc2)cc1. The molecule has 1 atom stereocenters. The monoisotopic (exact) mass is 277 g/mol. The summed E-state index contributed by atoms with van der Waals surface area (Å²) in [6.07, 6.45) is -3.14. The highest BCUT2D eigenvalue weighted by Crippen LogP contribution is 2.31. The first kappa shape index (κ1) is 13.2. The summed E-state index contributed by atoms with van der Waals surface area (Å²) in [7, 11) is 0. The number of halogens is 3. The fourth-order valence-corrected chi connectivity index (χ4v) is 2.33. The van der Waals surface area contributed by atoms with Gasteiger partial charge in [-0.2, -0.15) is 13.2 Å². The molecule has 0 aliphatic carbocycles. The minimum atomic E-state index is -4.28. The van der Waals surface area contributed by atoms with Crippen molar-refractivity contribution in [2.24, 2.45) is 0 Å². The molecule has 1 fully saturated rings. The van der Waals surface area contributed by atoms with E-state index in [-0.39, 0.29) is 0 Å². The van der Waals surface area contributed by atoms with E-state index in [0.717, 1.165) is 36.2 Å². The number of rotatable bonds is 2. The van der Waals surface area contributed by atoms with Crippen LogP contribution < -0.4 is 5.32 Å². The Kier molecular flexibility index (Phi) is 3.26. The molecule has 2 aromatic carbocycles. The standard InChI is InChI=1S/C16H14F3N/c17-16(18,19)14-7-5-12(6-8-14)11-1-3-13(4-2-11)15-9-10-20-15/h1-8,15,20H,9-10H2/t15-/m0/s1. The zero-order valence-electron chi connectivity index (χ0n) is 10.7. The molecule has 104 valence electrons. The van der Waals surface area contributed by atoms with Gasteiger partial charge in [0.15, 0.2) is 0 Å². The van der Waals surface area contributed by atoms with E-state index in [1.54, 1.807) is 0 Å². The van der Waals surface area contributed by atoms with Crippen LogP contribution in [0.3, 0.4) is 0 Å². The Labute approximate surface area is 115 Å². The van der Waals surface area contributed by atoms with Crippen LogP contribution in [-0.2, 0) is 6.18 Å². The van der Waals surface area contributed by atoms with Gasteiger partial charge >= 0.3 is 6.18 Å². The summed E-state index contributed by atoms with van der Waals surface area (Å²) >= 11 is 0. The van der Waals surface area contributed by atoms with Crippen molar-refractivity contribution in [3.05, 3.63) is 59.7 Å². The Bertz CT molecular complexity index is 581. The topological polar surface area (TPSA) is 12.0 Å². The highest BCUT2D eigenvalue weighted by Gasteiger charge is 2.29. The van der Waals surface area contributed by atoms with Crippen LogP contribution in [0.1, 0.15) is 23.6 Å². The van der Waals surface area contributed by atoms with E-state index < -0.39 is 11.7 Å². The molecule has 20 heavy (non-hydrogen) atoms. The van der Waals surface area contributed by atoms with Crippen LogP contribution in [0.2, 0.25) is 0 Å². The van der Waals surface area contributed by atoms with Crippen LogP contribution in [0, 0.1) is 0 Å². The number of nitrogens with one attached hydrogen (secondary N) is 1. The molecule has 1 nitrogen and oxygen atoms in total. The maximum Gasteiger partial charge on any atom is 0.416 e. The van der Waals surface area contributed by atoms with Crippen molar-refractivity contribution < 1.29 is 13.2 Å². The average Bonchev–Trinajstić information content (AvgIpc) is 2.37. The van der Waals surface area contributed by atoms with E-state index in [1.165, 1.54) is 17.7 Å². The second-order valence-corrected chi connectivity index (χ2v) is 4.99. The average molecular weight is 277 g/mol. The third-order valence-corrected chi connectivity index (χ3v) is 3.68. The molecular formula is C16H14F3N. The van der Waals surface area contributed by atoms with Crippen LogP contribution in [-0.4, -0.2) is 6.54 Å². The molecule has 0 saturated carbocycles. The van der Waals surface area contributed by atoms with Crippen molar-refractivity contribution in [3.8, 4) is 11.1 Å². The summed E-state index contributed by atoms with van der Waals surface area (Å²) in [5.74, 6) is 0. The first-order valence-electron chi connectivity index (χ1n) is 6.55. The van der Waals surface area contributed by atoms with Crippen molar-refractivity contribution in [2.75, 3.05) is 6.54 Å². The van der Waals surface area contributed by atoms with Crippen molar-refractivity contribution in [1.29, 1.82) is 0 Å². The van der Waals surface area contributed by atoms with Crippen LogP contribution in [0.4, 0.5) is 13.2 Å². The molecular weight excluding hydrogens is 263 g/mol. The molecule has 0 radical (unpaired) electrons. The number of hydrogen-bond acceptors (Lipinski definition) is 1. The maximum atomic E-state index is 12.5. The summed E-state index contributed by atoms with van der Waals surface area (Å²) in [5, 5.41) is 3.32. The van der Waals surface area contributed by atoms with Gasteiger partial charge in [0.25, 0.3) is 0 Å². The van der Waals surface area contributed by atoms with Crippen molar-refractivity contribution in [1.82, 2.24) is 5.32 Å². The van der Waals surface area contributed by atoms with Gasteiger partial charge in [0, 0.05) is 6.04 Å². The fraction of sp³-hybridized carbons (Fsp3) is 0.250. The molecule has 0 unspecified atom stereocenters. The molecule has 0 aromatic heterocycles. The van der Waals surface area contributed by atoms with Gasteiger partial charge in [-0.05, 0) is 41.8 Å². The third-order valence-electron chi connectivity index (χ3n) is 3.68. The van der Waals surface area contributed by atoms with Crippen molar-refractivity contribution in [2.45, 2.75) is 18.6 Å². The summed E-state index contributed by atoms with van der Waals surface area (Å²) in [6.45, 7) is 1.05. The van der Waals surface area contributed by atoms with Gasteiger partial charge in [-0.1, -0.05) is 36.4 Å². The maximum absolute atomic E-state index is 12.5. The van der Waals surface area contributed by atoms with Gasteiger partial charge in [-0.3, -0.25) is 0 Å². The van der Waals surface area contributed by atoms with Crippen molar-refractivity contribution >= 4 is 0 Å². The summed E-state index contributed by atoms with van der Waals surface area (Å²) in [5.41, 5.74) is 2.34. The molecule has 1 saturated heterocycles. The van der Waals surface area contributed by atoms with Crippen LogP contribution >= 0.6 is 0 Å². The number of alkyl halides is 3. The van der Waals surface area contributed by atoms with Crippen LogP contribution in [0.15, 0.2) is 48.5 Å². The van der Waals surface area contributed by atoms with E-state index in [2.05, 4.69) is 5.32 Å². The van der Waals surface area contributed by atoms with Gasteiger partial charge in [-0.25, -0.2) is 0 Å². The summed E-state index contributed by atoms with van der Waals surface area (Å²) in [4.78, 5) is 0. The lowest BCUT2D eigenvalue weighted by atomic mass is 9.95. The highest BCUT2D eigenvalue weighted by atomic mass is 19.4. The first-order valence-corrected chi connectivity index (χ1v) is 6.55. The first-order chi connectivity index (χ1) is 9.54. The molecule has 1 aliphatic rings. The molecule has 0 bridgehead atoms. The molecule has 4 heteroatoms. The number of benzene rings is 2. The largest absolute Gasteiger partial charge is 0.416 e. The lowest BCUT2D eigenvalue weighted by molar-refractivity contribution is -0.137. The van der Waals surface area contributed by atoms with Crippen LogP contribution in [0.5, 0.6) is 0 Å². The van der Waals surface area contributed by atoms with Gasteiger partial charge < -0.3 is 5.32 Å². The quantitative estimate of drug-likeness (QED) is 0.857. The van der Waals surface area contributed by atoms with Gasteiger partial charge in [0.2, 0.25) is 0 Å². The van der Waals surface area contributed by atoms with E-state index in [0.29, 0.717) is 6.04 Å². The molecule has 0 spiro atoms. The molecule has 3 rings (SSSR count). The normalized spacial score (nSPS) is 18.6. The van der Waals surface area contributed by atoms with Gasteiger partial charge in [0.05, 0.1) is 5.56 Å². The minimum absolute atomic E-state index is 0.427. The Morgan fingerprint density at radius 3 is 1.75 bits per heavy atom. The van der Waals surface area contributed by atoms with E-state index in [4.69, 9.17) is 0 Å². The second-order valence-electron chi connectivity index (χ2n) is 4.99. The zero-order valence-corrected chi connectivity index (χ0v) is 10.7. The summed E-state index contributed by atoms with van der Waals surface area (Å²) in [6, 6.07) is 13.7. The molecule has 1 N–H and O–H groups in total. The molecule has 0 amide bonds. The Morgan fingerprint density at radius 1 is 0.850 bits per heavy atom. The fourth-order valence-electron chi connectivity index (χ4n) is 2.33. The minimum Gasteiger partial charge on any atom is -0.310 e. The Hall–Kier alpha value is -1.81. The Morgan fingerprint density at radius 2 is 1.35 bits per heavy atom. The van der Waals surface area contributed by atoms with E-state index in [1.807, 2.05) is 24.3 Å². The predicted octanol–water partition coefficient (Wildman–Crippen LogP) is 4.41. The second kappa shape index (κ2) is 4.94. The number of hydrogen-bond donors (Lipinski definition) is 1.